The smallest absolute Gasteiger partial charge is 0.326 e. The molecule has 0 spiro atoms. The van der Waals surface area contributed by atoms with Crippen molar-refractivity contribution in [2.24, 2.45) is 0 Å². The number of hydrogen-bond donors (Lipinski definition) is 4. The van der Waals surface area contributed by atoms with Crippen LogP contribution in [0.25, 0.3) is 0 Å². The number of nitrogens with one attached hydrogen (secondary N) is 2. The Morgan fingerprint density at radius 3 is 2.30 bits per heavy atom. The van der Waals surface area contributed by atoms with Gasteiger partial charge in [-0.1, -0.05) is 12.1 Å². The topological polar surface area (TPSA) is 116 Å². The quantitative estimate of drug-likeness (QED) is 0.568. The van der Waals surface area contributed by atoms with E-state index in [1.54, 1.807) is 12.1 Å². The molecule has 7 nitrogen and oxygen atoms in total. The average Bonchev–Trinajstić information content (AvgIpc) is 2.38. The average molecular weight is 280 g/mol. The highest BCUT2D eigenvalue weighted by atomic mass is 16.4. The monoisotopic (exact) mass is 280 g/mol. The number of rotatable bonds is 6. The number of carbonyl (C=O) groups excluding carboxylic acids is 2. The molecule has 1 atom stereocenters. The predicted octanol–water partition coefficient (Wildman–Crippen LogP) is -0.360. The minimum Gasteiger partial charge on any atom is -0.508 e. The van der Waals surface area contributed by atoms with Crippen molar-refractivity contribution in [3.05, 3.63) is 29.8 Å². The summed E-state index contributed by atoms with van der Waals surface area (Å²) in [6.07, 6.45) is 0.0847. The van der Waals surface area contributed by atoms with E-state index in [2.05, 4.69) is 10.6 Å². The van der Waals surface area contributed by atoms with Gasteiger partial charge in [-0.15, -0.1) is 0 Å². The fraction of sp³-hybridized carbons (Fsp3) is 0.308. The Bertz CT molecular complexity index is 498. The Labute approximate surface area is 115 Å². The van der Waals surface area contributed by atoms with Gasteiger partial charge in [0, 0.05) is 13.3 Å². The van der Waals surface area contributed by atoms with E-state index in [4.69, 9.17) is 10.2 Å². The third kappa shape index (κ3) is 5.38. The molecular formula is C13H16N2O5. The van der Waals surface area contributed by atoms with Crippen LogP contribution in [0, 0.1) is 0 Å². The number of hydrogen-bond acceptors (Lipinski definition) is 4. The van der Waals surface area contributed by atoms with E-state index in [0.29, 0.717) is 5.56 Å². The number of carboxylic acid groups (broad SMARTS) is 1. The van der Waals surface area contributed by atoms with Crippen LogP contribution in [0.15, 0.2) is 24.3 Å². The Kier molecular flexibility index (Phi) is 5.52. The molecule has 0 bridgehead atoms. The lowest BCUT2D eigenvalue weighted by Gasteiger charge is -2.14. The second-order valence-corrected chi connectivity index (χ2v) is 4.24. The van der Waals surface area contributed by atoms with Gasteiger partial charge in [0.1, 0.15) is 11.8 Å². The summed E-state index contributed by atoms with van der Waals surface area (Å²) in [6, 6.07) is 4.93. The molecule has 0 saturated carbocycles. The van der Waals surface area contributed by atoms with E-state index in [9.17, 15) is 14.4 Å². The van der Waals surface area contributed by atoms with Crippen LogP contribution in [0.2, 0.25) is 0 Å². The molecule has 4 N–H and O–H groups in total. The number of carbonyl (C=O) groups is 3. The van der Waals surface area contributed by atoms with Crippen LogP contribution >= 0.6 is 0 Å². The number of phenols is 1. The summed E-state index contributed by atoms with van der Waals surface area (Å²) >= 11 is 0. The van der Waals surface area contributed by atoms with E-state index in [1.165, 1.54) is 19.1 Å². The molecule has 0 aliphatic carbocycles. The van der Waals surface area contributed by atoms with Crippen molar-refractivity contribution in [1.82, 2.24) is 10.6 Å². The Morgan fingerprint density at radius 1 is 1.20 bits per heavy atom. The molecular weight excluding hydrogens is 264 g/mol. The molecule has 1 aromatic rings. The highest BCUT2D eigenvalue weighted by Gasteiger charge is 2.20. The normalized spacial score (nSPS) is 11.4. The molecule has 0 heterocycles. The number of benzene rings is 1. The first-order chi connectivity index (χ1) is 9.38. The third-order valence-corrected chi connectivity index (χ3v) is 2.51. The highest BCUT2D eigenvalue weighted by Crippen LogP contribution is 2.11. The number of carboxylic acids is 1. The Morgan fingerprint density at radius 2 is 1.80 bits per heavy atom. The molecule has 2 amide bonds. The fourth-order valence-corrected chi connectivity index (χ4v) is 1.52. The first-order valence-electron chi connectivity index (χ1n) is 5.93. The standard InChI is InChI=1S/C13H16N2O5/c1-8(16)14-7-12(18)15-11(13(19)20)6-9-2-4-10(17)5-3-9/h2-5,11,17H,6-7H2,1H3,(H,14,16)(H,15,18)(H,19,20)/t11-/m1/s1. The highest BCUT2D eigenvalue weighted by molar-refractivity contribution is 5.87. The minimum atomic E-state index is -1.17. The Hall–Kier alpha value is -2.57. The third-order valence-electron chi connectivity index (χ3n) is 2.51. The van der Waals surface area contributed by atoms with E-state index < -0.39 is 17.9 Å². The lowest BCUT2D eigenvalue weighted by atomic mass is 10.1. The summed E-state index contributed by atoms with van der Waals surface area (Å²) < 4.78 is 0. The second kappa shape index (κ2) is 7.13. The van der Waals surface area contributed by atoms with Crippen molar-refractivity contribution in [3.8, 4) is 5.75 Å². The van der Waals surface area contributed by atoms with Crippen LogP contribution in [0.5, 0.6) is 5.75 Å². The van der Waals surface area contributed by atoms with Gasteiger partial charge in [0.25, 0.3) is 0 Å². The summed E-state index contributed by atoms with van der Waals surface area (Å²) in [4.78, 5) is 33.2. The van der Waals surface area contributed by atoms with Gasteiger partial charge in [-0.3, -0.25) is 9.59 Å². The van der Waals surface area contributed by atoms with E-state index in [0.717, 1.165) is 0 Å². The Balaban J connectivity index is 2.60. The van der Waals surface area contributed by atoms with Gasteiger partial charge >= 0.3 is 5.97 Å². The minimum absolute atomic E-state index is 0.0790. The van der Waals surface area contributed by atoms with Crippen molar-refractivity contribution >= 4 is 17.8 Å². The van der Waals surface area contributed by atoms with Crippen molar-refractivity contribution in [3.63, 3.8) is 0 Å². The summed E-state index contributed by atoms with van der Waals surface area (Å²) in [5.41, 5.74) is 0.662. The molecule has 0 aromatic heterocycles. The van der Waals surface area contributed by atoms with E-state index in [-0.39, 0.29) is 24.6 Å². The van der Waals surface area contributed by atoms with Crippen LogP contribution in [-0.4, -0.2) is 40.6 Å². The zero-order valence-electron chi connectivity index (χ0n) is 10.9. The second-order valence-electron chi connectivity index (χ2n) is 4.24. The zero-order chi connectivity index (χ0) is 15.1. The number of amides is 2. The van der Waals surface area contributed by atoms with Crippen molar-refractivity contribution < 1.29 is 24.6 Å². The van der Waals surface area contributed by atoms with Crippen LogP contribution in [0.1, 0.15) is 12.5 Å². The van der Waals surface area contributed by atoms with Gasteiger partial charge < -0.3 is 20.8 Å². The van der Waals surface area contributed by atoms with Crippen LogP contribution < -0.4 is 10.6 Å². The molecule has 0 unspecified atom stereocenters. The van der Waals surface area contributed by atoms with Crippen molar-refractivity contribution in [2.75, 3.05) is 6.54 Å². The zero-order valence-corrected chi connectivity index (χ0v) is 10.9. The number of aliphatic carboxylic acids is 1. The van der Waals surface area contributed by atoms with Crippen molar-refractivity contribution in [1.29, 1.82) is 0 Å². The molecule has 1 aromatic carbocycles. The summed E-state index contributed by atoms with van der Waals surface area (Å²) in [5.74, 6) is -2.04. The fourth-order valence-electron chi connectivity index (χ4n) is 1.52. The van der Waals surface area contributed by atoms with Gasteiger partial charge in [0.2, 0.25) is 11.8 Å². The SMILES string of the molecule is CC(=O)NCC(=O)N[C@H](Cc1ccc(O)cc1)C(=O)O. The molecule has 0 saturated heterocycles. The molecule has 20 heavy (non-hydrogen) atoms. The summed E-state index contributed by atoms with van der Waals surface area (Å²) in [7, 11) is 0. The number of aromatic hydroxyl groups is 1. The molecule has 108 valence electrons. The predicted molar refractivity (Wildman–Crippen MR) is 70.1 cm³/mol. The van der Waals surface area contributed by atoms with Gasteiger partial charge in [0.15, 0.2) is 0 Å². The molecule has 0 aliphatic rings. The van der Waals surface area contributed by atoms with Crippen LogP contribution in [0.4, 0.5) is 0 Å². The number of phenolic OH excluding ortho intramolecular Hbond substituents is 1. The molecule has 0 aliphatic heterocycles. The van der Waals surface area contributed by atoms with Crippen molar-refractivity contribution in [2.45, 2.75) is 19.4 Å². The van der Waals surface area contributed by atoms with E-state index >= 15 is 0 Å². The molecule has 0 radical (unpaired) electrons. The van der Waals surface area contributed by atoms with Crippen LogP contribution in [-0.2, 0) is 20.8 Å². The molecule has 7 heteroatoms. The van der Waals surface area contributed by atoms with Gasteiger partial charge in [-0.05, 0) is 17.7 Å². The lowest BCUT2D eigenvalue weighted by molar-refractivity contribution is -0.141. The maximum absolute atomic E-state index is 11.5. The summed E-state index contributed by atoms with van der Waals surface area (Å²) in [6.45, 7) is 0.993. The van der Waals surface area contributed by atoms with E-state index in [1.807, 2.05) is 0 Å². The molecule has 0 fully saturated rings. The van der Waals surface area contributed by atoms with Gasteiger partial charge in [-0.2, -0.15) is 0 Å². The summed E-state index contributed by atoms with van der Waals surface area (Å²) in [5, 5.41) is 22.8. The van der Waals surface area contributed by atoms with Gasteiger partial charge in [-0.25, -0.2) is 4.79 Å². The maximum Gasteiger partial charge on any atom is 0.326 e. The van der Waals surface area contributed by atoms with Crippen LogP contribution in [0.3, 0.4) is 0 Å². The largest absolute Gasteiger partial charge is 0.508 e. The lowest BCUT2D eigenvalue weighted by Crippen LogP contribution is -2.46. The first-order valence-corrected chi connectivity index (χ1v) is 5.93. The first kappa shape index (κ1) is 15.5. The molecule has 1 rings (SSSR count). The van der Waals surface area contributed by atoms with Gasteiger partial charge in [0.05, 0.1) is 6.54 Å². The maximum atomic E-state index is 11.5.